The van der Waals surface area contributed by atoms with Gasteiger partial charge in [0.25, 0.3) is 0 Å². The Morgan fingerprint density at radius 3 is 0.615 bits per heavy atom. The van der Waals surface area contributed by atoms with E-state index in [1.807, 2.05) is 0 Å². The van der Waals surface area contributed by atoms with Gasteiger partial charge in [0.2, 0.25) is 0 Å². The number of unbranched alkanes of at least 4 members (excludes halogenated alkanes) is 27. The second-order valence-corrected chi connectivity index (χ2v) is 13.7. The minimum absolute atomic E-state index is 0. The first-order valence-corrected chi connectivity index (χ1v) is 18.7. The van der Waals surface area contributed by atoms with Gasteiger partial charge in [-0.3, -0.25) is 0 Å². The van der Waals surface area contributed by atoms with Gasteiger partial charge in [0.05, 0.1) is 0 Å². The number of quaternary nitrogens is 1. The van der Waals surface area contributed by atoms with E-state index < -0.39 is 0 Å². The average molecular weight is 573 g/mol. The van der Waals surface area contributed by atoms with Crippen LogP contribution in [0, 0.1) is 0 Å². The highest BCUT2D eigenvalue weighted by Gasteiger charge is 2.25. The summed E-state index contributed by atoms with van der Waals surface area (Å²) in [6, 6.07) is 0. The molecule has 2 heteroatoms. The lowest BCUT2D eigenvalue weighted by molar-refractivity contribution is 0.394. The molecule has 0 aromatic rings. The molecular formula is C37H79ClN+. The summed E-state index contributed by atoms with van der Waals surface area (Å²) in [5.74, 6) is 0. The van der Waals surface area contributed by atoms with E-state index in [2.05, 4.69) is 20.8 Å². The summed E-state index contributed by atoms with van der Waals surface area (Å²) in [6.45, 7) is 6.93. The third-order valence-corrected chi connectivity index (χ3v) is 9.50. The number of rotatable bonds is 33. The Morgan fingerprint density at radius 1 is 0.282 bits per heavy atom. The van der Waals surface area contributed by atoms with Gasteiger partial charge in [-0.25, -0.2) is 0 Å². The first-order chi connectivity index (χ1) is 18.7. The van der Waals surface area contributed by atoms with E-state index in [9.17, 15) is 0 Å². The van der Waals surface area contributed by atoms with Crippen molar-refractivity contribution < 1.29 is 0 Å². The van der Waals surface area contributed by atoms with Crippen molar-refractivity contribution in [2.24, 2.45) is 0 Å². The van der Waals surface area contributed by atoms with Gasteiger partial charge in [-0.15, -0.1) is 11.6 Å². The second-order valence-electron chi connectivity index (χ2n) is 12.9. The van der Waals surface area contributed by atoms with Gasteiger partial charge in [0, 0.05) is 4.87 Å². The van der Waals surface area contributed by atoms with Gasteiger partial charge in [-0.05, 0) is 19.3 Å². The largest absolute Gasteiger partial charge is 0.369 e. The molecule has 0 aromatic carbocycles. The Labute approximate surface area is 254 Å². The fraction of sp³-hybridized carbons (Fsp3) is 1.00. The predicted molar refractivity (Wildman–Crippen MR) is 184 cm³/mol. The first-order valence-electron chi connectivity index (χ1n) is 18.4. The fourth-order valence-corrected chi connectivity index (χ4v) is 6.56. The second kappa shape index (κ2) is 34.5. The SMILES string of the molecule is CCCCCCCCCCCCC(Cl)(CCCCCCCCCCCC)CCCCCCCCCCCC.[NH4+]. The molecule has 0 rings (SSSR count). The predicted octanol–water partition coefficient (Wildman–Crippen LogP) is 15.3. The normalized spacial score (nSPS) is 11.7. The highest BCUT2D eigenvalue weighted by molar-refractivity contribution is 6.23. The molecule has 0 atom stereocenters. The third-order valence-electron chi connectivity index (χ3n) is 8.94. The van der Waals surface area contributed by atoms with E-state index in [1.165, 1.54) is 212 Å². The number of hydrogen-bond acceptors (Lipinski definition) is 0. The van der Waals surface area contributed by atoms with Gasteiger partial charge in [-0.2, -0.15) is 0 Å². The minimum atomic E-state index is 0. The fourth-order valence-electron chi connectivity index (χ4n) is 6.16. The van der Waals surface area contributed by atoms with Crippen LogP contribution in [0.2, 0.25) is 0 Å². The highest BCUT2D eigenvalue weighted by atomic mass is 35.5. The molecule has 0 spiro atoms. The number of alkyl halides is 1. The van der Waals surface area contributed by atoms with Crippen LogP contribution in [0.4, 0.5) is 0 Å². The Kier molecular flexibility index (Phi) is 36.6. The van der Waals surface area contributed by atoms with Gasteiger partial charge in [0.15, 0.2) is 0 Å². The van der Waals surface area contributed by atoms with Crippen molar-refractivity contribution in [3.05, 3.63) is 0 Å². The first kappa shape index (κ1) is 41.4. The number of halogens is 1. The summed E-state index contributed by atoms with van der Waals surface area (Å²) in [5, 5.41) is 0. The molecule has 39 heavy (non-hydrogen) atoms. The van der Waals surface area contributed by atoms with Gasteiger partial charge < -0.3 is 6.15 Å². The highest BCUT2D eigenvalue weighted by Crippen LogP contribution is 2.35. The molecule has 0 unspecified atom stereocenters. The summed E-state index contributed by atoms with van der Waals surface area (Å²) < 4.78 is 0. The zero-order chi connectivity index (χ0) is 27.8. The molecule has 238 valence electrons. The van der Waals surface area contributed by atoms with E-state index in [0.29, 0.717) is 0 Å². The molecule has 1 nitrogen and oxygen atoms in total. The van der Waals surface area contributed by atoms with Gasteiger partial charge in [0.1, 0.15) is 0 Å². The van der Waals surface area contributed by atoms with Crippen molar-refractivity contribution in [1.82, 2.24) is 6.15 Å². The Morgan fingerprint density at radius 2 is 0.436 bits per heavy atom. The lowest BCUT2D eigenvalue weighted by Gasteiger charge is -2.27. The molecule has 0 saturated heterocycles. The lowest BCUT2D eigenvalue weighted by Crippen LogP contribution is -2.21. The molecular weight excluding hydrogens is 494 g/mol. The molecule has 0 saturated carbocycles. The monoisotopic (exact) mass is 573 g/mol. The Hall–Kier alpha value is 0.250. The van der Waals surface area contributed by atoms with Crippen LogP contribution >= 0.6 is 11.6 Å². The molecule has 0 aromatic heterocycles. The summed E-state index contributed by atoms with van der Waals surface area (Å²) in [4.78, 5) is 0.0977. The lowest BCUT2D eigenvalue weighted by atomic mass is 9.88. The van der Waals surface area contributed by atoms with Crippen LogP contribution in [0.25, 0.3) is 0 Å². The minimum Gasteiger partial charge on any atom is -0.369 e. The summed E-state index contributed by atoms with van der Waals surface area (Å²) in [7, 11) is 0. The maximum atomic E-state index is 7.37. The van der Waals surface area contributed by atoms with Crippen LogP contribution in [0.15, 0.2) is 0 Å². The van der Waals surface area contributed by atoms with Crippen LogP contribution in [0.3, 0.4) is 0 Å². The van der Waals surface area contributed by atoms with Crippen molar-refractivity contribution in [2.75, 3.05) is 0 Å². The Bertz CT molecular complexity index is 364. The van der Waals surface area contributed by atoms with Crippen molar-refractivity contribution in [3.8, 4) is 0 Å². The standard InChI is InChI=1S/C37H75Cl.H3N/c1-4-7-10-13-16-19-22-25-28-31-34-37(38,35-32-29-26-23-20-17-14-11-8-5-2)36-33-30-27-24-21-18-15-12-9-6-3;/h4-36H2,1-3H3;1H3/p+1. The molecule has 0 aliphatic carbocycles. The zero-order valence-corrected chi connectivity index (χ0v) is 29.0. The maximum absolute atomic E-state index is 7.37. The molecule has 0 aliphatic rings. The van der Waals surface area contributed by atoms with Crippen molar-refractivity contribution >= 4 is 11.6 Å². The maximum Gasteiger partial charge on any atom is 0.0446 e. The van der Waals surface area contributed by atoms with E-state index in [0.717, 1.165) is 0 Å². The van der Waals surface area contributed by atoms with Crippen LogP contribution in [0.5, 0.6) is 0 Å². The molecule has 4 N–H and O–H groups in total. The van der Waals surface area contributed by atoms with Gasteiger partial charge >= 0.3 is 0 Å². The quantitative estimate of drug-likeness (QED) is 0.0599. The molecule has 0 radical (unpaired) electrons. The molecule has 0 amide bonds. The van der Waals surface area contributed by atoms with Crippen LogP contribution in [-0.2, 0) is 0 Å². The average Bonchev–Trinajstić information content (AvgIpc) is 2.92. The van der Waals surface area contributed by atoms with Crippen LogP contribution in [-0.4, -0.2) is 4.87 Å². The van der Waals surface area contributed by atoms with E-state index >= 15 is 0 Å². The third kappa shape index (κ3) is 32.6. The van der Waals surface area contributed by atoms with E-state index in [1.54, 1.807) is 0 Å². The molecule has 0 bridgehead atoms. The smallest absolute Gasteiger partial charge is 0.0446 e. The summed E-state index contributed by atoms with van der Waals surface area (Å²) in [5.41, 5.74) is 0. The van der Waals surface area contributed by atoms with Crippen molar-refractivity contribution in [2.45, 2.75) is 238 Å². The topological polar surface area (TPSA) is 36.5 Å². The van der Waals surface area contributed by atoms with E-state index in [-0.39, 0.29) is 11.0 Å². The number of hydrogen-bond donors (Lipinski definition) is 1. The summed E-state index contributed by atoms with van der Waals surface area (Å²) in [6.07, 6.45) is 46.5. The van der Waals surface area contributed by atoms with Crippen molar-refractivity contribution in [3.63, 3.8) is 0 Å². The zero-order valence-electron chi connectivity index (χ0n) is 28.2. The van der Waals surface area contributed by atoms with Crippen molar-refractivity contribution in [1.29, 1.82) is 0 Å². The van der Waals surface area contributed by atoms with Crippen LogP contribution in [0.1, 0.15) is 233 Å². The summed E-state index contributed by atoms with van der Waals surface area (Å²) >= 11 is 7.37. The molecule has 0 heterocycles. The Balaban J connectivity index is 0. The van der Waals surface area contributed by atoms with Crippen LogP contribution < -0.4 is 6.15 Å². The molecule has 0 fully saturated rings. The molecule has 0 aliphatic heterocycles. The van der Waals surface area contributed by atoms with E-state index in [4.69, 9.17) is 11.6 Å². The van der Waals surface area contributed by atoms with Gasteiger partial charge in [-0.1, -0.05) is 213 Å².